The Labute approximate surface area is 181 Å². The Morgan fingerprint density at radius 1 is 1.21 bits per heavy atom. The van der Waals surface area contributed by atoms with E-state index in [1.165, 1.54) is 25.4 Å². The van der Waals surface area contributed by atoms with Crippen molar-refractivity contribution in [1.82, 2.24) is 4.98 Å². The van der Waals surface area contributed by atoms with Crippen LogP contribution in [0.5, 0.6) is 11.5 Å². The molecular weight excluding hydrogens is 431 g/mol. The van der Waals surface area contributed by atoms with E-state index >= 15 is 0 Å². The molecule has 0 saturated carbocycles. The number of halogens is 2. The number of allylic oxidation sites excluding steroid dienone is 1. The number of esters is 1. The number of carbonyl (C=O) groups is 1. The molecule has 0 amide bonds. The molecule has 1 aromatic heterocycles. The van der Waals surface area contributed by atoms with Gasteiger partial charge < -0.3 is 9.47 Å². The van der Waals surface area contributed by atoms with Crippen molar-refractivity contribution in [2.75, 3.05) is 7.11 Å². The maximum atomic E-state index is 11.2. The number of rotatable bonds is 5. The van der Waals surface area contributed by atoms with Crippen molar-refractivity contribution < 1.29 is 14.3 Å². The second-order valence-corrected chi connectivity index (χ2v) is 7.54. The summed E-state index contributed by atoms with van der Waals surface area (Å²) in [6.45, 7) is 1.31. The van der Waals surface area contributed by atoms with Gasteiger partial charge in [0.05, 0.1) is 23.4 Å². The molecule has 29 heavy (non-hydrogen) atoms. The molecule has 146 valence electrons. The van der Waals surface area contributed by atoms with Crippen LogP contribution in [-0.4, -0.2) is 18.1 Å². The summed E-state index contributed by atoms with van der Waals surface area (Å²) in [5, 5.41) is 13.0. The van der Waals surface area contributed by atoms with Crippen LogP contribution in [0.1, 0.15) is 17.5 Å². The Balaban J connectivity index is 1.94. The van der Waals surface area contributed by atoms with Crippen LogP contribution in [0.25, 0.3) is 22.9 Å². The Hall–Kier alpha value is -2.85. The topological polar surface area (TPSA) is 72.2 Å². The highest BCUT2D eigenvalue weighted by Crippen LogP contribution is 2.34. The maximum Gasteiger partial charge on any atom is 0.308 e. The third-order valence-corrected chi connectivity index (χ3v) is 5.24. The first-order valence-corrected chi connectivity index (χ1v) is 9.94. The zero-order valence-electron chi connectivity index (χ0n) is 15.4. The summed E-state index contributed by atoms with van der Waals surface area (Å²) in [5.41, 5.74) is 2.49. The molecule has 3 aromatic rings. The molecular formula is C21H14Cl2N2O3S. The second kappa shape index (κ2) is 9.10. The zero-order valence-corrected chi connectivity index (χ0v) is 17.7. The van der Waals surface area contributed by atoms with Gasteiger partial charge in [-0.25, -0.2) is 4.98 Å². The number of hydrogen-bond acceptors (Lipinski definition) is 6. The Bertz CT molecular complexity index is 1150. The van der Waals surface area contributed by atoms with E-state index in [2.05, 4.69) is 11.1 Å². The molecule has 5 nitrogen and oxygen atoms in total. The van der Waals surface area contributed by atoms with Crippen LogP contribution in [0.2, 0.25) is 10.0 Å². The fraction of sp³-hybridized carbons (Fsp3) is 0.0952. The lowest BCUT2D eigenvalue weighted by molar-refractivity contribution is -0.132. The highest BCUT2D eigenvalue weighted by Gasteiger charge is 2.13. The van der Waals surface area contributed by atoms with Gasteiger partial charge in [-0.15, -0.1) is 11.3 Å². The molecule has 0 radical (unpaired) electrons. The average Bonchev–Trinajstić information content (AvgIpc) is 3.16. The summed E-state index contributed by atoms with van der Waals surface area (Å²) < 4.78 is 10.4. The van der Waals surface area contributed by atoms with Gasteiger partial charge in [-0.1, -0.05) is 29.3 Å². The van der Waals surface area contributed by atoms with E-state index < -0.39 is 5.97 Å². The summed E-state index contributed by atoms with van der Waals surface area (Å²) in [7, 11) is 1.48. The average molecular weight is 445 g/mol. The van der Waals surface area contributed by atoms with E-state index in [-0.39, 0.29) is 0 Å². The maximum absolute atomic E-state index is 11.2. The molecule has 0 aliphatic carbocycles. The van der Waals surface area contributed by atoms with Crippen molar-refractivity contribution in [3.63, 3.8) is 0 Å². The third-order valence-electron chi connectivity index (χ3n) is 3.81. The van der Waals surface area contributed by atoms with Gasteiger partial charge in [0.25, 0.3) is 0 Å². The van der Waals surface area contributed by atoms with Crippen molar-refractivity contribution in [2.24, 2.45) is 0 Å². The van der Waals surface area contributed by atoms with Gasteiger partial charge in [0.2, 0.25) is 0 Å². The second-order valence-electron chi connectivity index (χ2n) is 5.84. The van der Waals surface area contributed by atoms with E-state index in [1.807, 2.05) is 5.38 Å². The van der Waals surface area contributed by atoms with Gasteiger partial charge >= 0.3 is 5.97 Å². The van der Waals surface area contributed by atoms with Gasteiger partial charge in [-0.3, -0.25) is 4.79 Å². The summed E-state index contributed by atoms with van der Waals surface area (Å²) >= 11 is 13.5. The van der Waals surface area contributed by atoms with Crippen molar-refractivity contribution in [3.8, 4) is 28.8 Å². The smallest absolute Gasteiger partial charge is 0.308 e. The van der Waals surface area contributed by atoms with Crippen LogP contribution in [-0.2, 0) is 4.79 Å². The lowest BCUT2D eigenvalue weighted by Gasteiger charge is -2.08. The number of methoxy groups -OCH3 is 1. The molecule has 2 aromatic carbocycles. The van der Waals surface area contributed by atoms with Crippen molar-refractivity contribution in [1.29, 1.82) is 5.26 Å². The number of hydrogen-bond donors (Lipinski definition) is 0. The largest absolute Gasteiger partial charge is 0.493 e. The van der Waals surface area contributed by atoms with E-state index in [4.69, 9.17) is 32.7 Å². The van der Waals surface area contributed by atoms with Crippen LogP contribution < -0.4 is 9.47 Å². The minimum Gasteiger partial charge on any atom is -0.493 e. The van der Waals surface area contributed by atoms with E-state index in [1.54, 1.807) is 42.5 Å². The molecule has 0 aliphatic heterocycles. The molecule has 1 heterocycles. The van der Waals surface area contributed by atoms with E-state index in [0.29, 0.717) is 43.4 Å². The first-order valence-electron chi connectivity index (χ1n) is 8.31. The van der Waals surface area contributed by atoms with Gasteiger partial charge in [-0.05, 0) is 42.0 Å². The molecule has 0 aliphatic rings. The van der Waals surface area contributed by atoms with E-state index in [0.717, 1.165) is 5.56 Å². The highest BCUT2D eigenvalue weighted by molar-refractivity contribution is 7.11. The first-order chi connectivity index (χ1) is 13.9. The van der Waals surface area contributed by atoms with Gasteiger partial charge in [-0.2, -0.15) is 5.26 Å². The molecule has 8 heteroatoms. The molecule has 3 rings (SSSR count). The Morgan fingerprint density at radius 2 is 2.00 bits per heavy atom. The number of thiazole rings is 1. The van der Waals surface area contributed by atoms with Crippen LogP contribution in [0.15, 0.2) is 41.8 Å². The van der Waals surface area contributed by atoms with Gasteiger partial charge in [0.15, 0.2) is 11.5 Å². The van der Waals surface area contributed by atoms with E-state index in [9.17, 15) is 10.1 Å². The number of carbonyl (C=O) groups excluding carboxylic acids is 1. The van der Waals surface area contributed by atoms with Crippen LogP contribution >= 0.6 is 34.5 Å². The van der Waals surface area contributed by atoms with Gasteiger partial charge in [0.1, 0.15) is 11.1 Å². The summed E-state index contributed by atoms with van der Waals surface area (Å²) in [6.07, 6.45) is 1.69. The fourth-order valence-corrected chi connectivity index (χ4v) is 3.83. The summed E-state index contributed by atoms with van der Waals surface area (Å²) in [6, 6.07) is 12.4. The molecule has 0 atom stereocenters. The monoisotopic (exact) mass is 444 g/mol. The van der Waals surface area contributed by atoms with Crippen molar-refractivity contribution in [3.05, 3.63) is 62.4 Å². The minimum absolute atomic E-state index is 0.310. The SMILES string of the molecule is COc1cc(C=C(C#N)c2nc(-c3ccc(Cl)cc3Cl)cs2)ccc1OC(C)=O. The van der Waals surface area contributed by atoms with Gasteiger partial charge in [0, 0.05) is 22.9 Å². The predicted molar refractivity (Wildman–Crippen MR) is 115 cm³/mol. The molecule has 0 fully saturated rings. The predicted octanol–water partition coefficient (Wildman–Crippen LogP) is 6.11. The molecule has 0 spiro atoms. The summed E-state index contributed by atoms with van der Waals surface area (Å²) in [4.78, 5) is 15.7. The van der Waals surface area contributed by atoms with Crippen molar-refractivity contribution >= 4 is 52.2 Å². The highest BCUT2D eigenvalue weighted by atomic mass is 35.5. The lowest BCUT2D eigenvalue weighted by atomic mass is 10.1. The molecule has 0 unspecified atom stereocenters. The number of nitriles is 1. The van der Waals surface area contributed by atoms with Crippen LogP contribution in [0.4, 0.5) is 0 Å². The fourth-order valence-electron chi connectivity index (χ4n) is 2.54. The quantitative estimate of drug-likeness (QED) is 0.269. The Kier molecular flexibility index (Phi) is 6.55. The number of nitrogens with zero attached hydrogens (tertiary/aromatic N) is 2. The molecule has 0 N–H and O–H groups in total. The Morgan fingerprint density at radius 3 is 2.66 bits per heavy atom. The third kappa shape index (κ3) is 4.96. The molecule has 0 bridgehead atoms. The van der Waals surface area contributed by atoms with Crippen LogP contribution in [0.3, 0.4) is 0 Å². The molecule has 0 saturated heterocycles. The first kappa shape index (κ1) is 20.9. The summed E-state index contributed by atoms with van der Waals surface area (Å²) in [5.74, 6) is 0.254. The standard InChI is InChI=1S/C21H14Cl2N2O3S/c1-12(26)28-19-6-3-13(8-20(19)27-2)7-14(10-24)21-25-18(11-29-21)16-5-4-15(22)9-17(16)23/h3-9,11H,1-2H3. The van der Waals surface area contributed by atoms with Crippen LogP contribution in [0, 0.1) is 11.3 Å². The number of ether oxygens (including phenoxy) is 2. The number of benzene rings is 2. The minimum atomic E-state index is -0.444. The van der Waals surface area contributed by atoms with Crippen molar-refractivity contribution in [2.45, 2.75) is 6.92 Å². The normalized spacial score (nSPS) is 11.1. The number of aromatic nitrogens is 1. The zero-order chi connectivity index (χ0) is 21.0. The lowest BCUT2D eigenvalue weighted by Crippen LogP contribution is -2.03.